The maximum Gasteiger partial charge on any atom is 0.216 e. The van der Waals surface area contributed by atoms with Gasteiger partial charge < -0.3 is 10.1 Å². The number of ether oxygens (including phenoxy) is 1. The number of carbonyl (C=O) groups is 1. The smallest absolute Gasteiger partial charge is 0.216 e. The molecule has 2 rings (SSSR count). The number of nitrogens with one attached hydrogen (secondary N) is 1. The number of amides is 1. The van der Waals surface area contributed by atoms with Crippen molar-refractivity contribution >= 4 is 22.8 Å². The van der Waals surface area contributed by atoms with Gasteiger partial charge in [0.2, 0.25) is 5.91 Å². The zero-order valence-corrected chi connectivity index (χ0v) is 11.8. The summed E-state index contributed by atoms with van der Waals surface area (Å²) >= 11 is 0. The average molecular weight is 269 g/mol. The van der Waals surface area contributed by atoms with Crippen molar-refractivity contribution < 1.29 is 9.53 Å². The molecule has 0 spiro atoms. The molecule has 0 heterocycles. The fourth-order valence-electron chi connectivity index (χ4n) is 2.02. The van der Waals surface area contributed by atoms with E-state index in [9.17, 15) is 4.79 Å². The Hall–Kier alpha value is -2.29. The largest absolute Gasteiger partial charge is 0.497 e. The lowest BCUT2D eigenvalue weighted by molar-refractivity contribution is -0.118. The summed E-state index contributed by atoms with van der Waals surface area (Å²) in [5, 5.41) is 5.13. The number of benzene rings is 2. The average Bonchev–Trinajstić information content (AvgIpc) is 2.46. The summed E-state index contributed by atoms with van der Waals surface area (Å²) in [7, 11) is 1.67. The topological polar surface area (TPSA) is 38.3 Å². The van der Waals surface area contributed by atoms with E-state index >= 15 is 0 Å². The second kappa shape index (κ2) is 6.75. The molecule has 0 saturated carbocycles. The molecule has 1 N–H and O–H groups in total. The van der Waals surface area contributed by atoms with E-state index in [0.717, 1.165) is 17.7 Å². The van der Waals surface area contributed by atoms with Gasteiger partial charge in [-0.05, 0) is 41.0 Å². The Morgan fingerprint density at radius 2 is 1.95 bits per heavy atom. The van der Waals surface area contributed by atoms with Crippen LogP contribution >= 0.6 is 0 Å². The second-order valence-electron chi connectivity index (χ2n) is 4.65. The van der Waals surface area contributed by atoms with Crippen LogP contribution in [-0.2, 0) is 4.79 Å². The molecule has 0 atom stereocenters. The van der Waals surface area contributed by atoms with Gasteiger partial charge in [0.25, 0.3) is 0 Å². The third kappa shape index (κ3) is 3.85. The fourth-order valence-corrected chi connectivity index (χ4v) is 2.02. The van der Waals surface area contributed by atoms with Crippen molar-refractivity contribution in [2.75, 3.05) is 13.7 Å². The van der Waals surface area contributed by atoms with Crippen LogP contribution in [0.15, 0.2) is 42.5 Å². The highest BCUT2D eigenvalue weighted by molar-refractivity contribution is 5.86. The molecule has 20 heavy (non-hydrogen) atoms. The lowest BCUT2D eigenvalue weighted by atomic mass is 10.1. The minimum atomic E-state index is 0.0121. The Labute approximate surface area is 119 Å². The maximum absolute atomic E-state index is 10.7. The maximum atomic E-state index is 10.7. The Morgan fingerprint density at radius 3 is 2.70 bits per heavy atom. The first-order valence-corrected chi connectivity index (χ1v) is 6.68. The van der Waals surface area contributed by atoms with E-state index in [1.807, 2.05) is 12.1 Å². The molecule has 0 fully saturated rings. The predicted molar refractivity (Wildman–Crippen MR) is 82.8 cm³/mol. The minimum absolute atomic E-state index is 0.0121. The first-order valence-electron chi connectivity index (χ1n) is 6.68. The lowest BCUT2D eigenvalue weighted by Gasteiger charge is -2.03. The number of hydrogen-bond donors (Lipinski definition) is 1. The van der Waals surface area contributed by atoms with Crippen molar-refractivity contribution in [1.29, 1.82) is 0 Å². The van der Waals surface area contributed by atoms with Gasteiger partial charge in [0, 0.05) is 13.5 Å². The molecule has 0 radical (unpaired) electrons. The molecular formula is C17H19NO2. The third-order valence-electron chi connectivity index (χ3n) is 3.07. The summed E-state index contributed by atoms with van der Waals surface area (Å²) in [4.78, 5) is 10.7. The molecule has 0 saturated heterocycles. The molecule has 3 nitrogen and oxygen atoms in total. The number of methoxy groups -OCH3 is 1. The van der Waals surface area contributed by atoms with Gasteiger partial charge in [-0.1, -0.05) is 30.4 Å². The Balaban J connectivity index is 2.04. The predicted octanol–water partition coefficient (Wildman–Crippen LogP) is 3.39. The first-order chi connectivity index (χ1) is 9.69. The summed E-state index contributed by atoms with van der Waals surface area (Å²) in [6.45, 7) is 2.21. The normalized spacial score (nSPS) is 10.9. The van der Waals surface area contributed by atoms with Crippen LogP contribution < -0.4 is 10.1 Å². The van der Waals surface area contributed by atoms with E-state index in [1.54, 1.807) is 7.11 Å². The quantitative estimate of drug-likeness (QED) is 0.845. The Morgan fingerprint density at radius 1 is 1.20 bits per heavy atom. The molecule has 104 valence electrons. The van der Waals surface area contributed by atoms with E-state index in [2.05, 4.69) is 41.7 Å². The zero-order chi connectivity index (χ0) is 14.4. The van der Waals surface area contributed by atoms with E-state index < -0.39 is 0 Å². The molecule has 3 heteroatoms. The van der Waals surface area contributed by atoms with Crippen LogP contribution in [0.5, 0.6) is 5.75 Å². The highest BCUT2D eigenvalue weighted by Crippen LogP contribution is 2.22. The first kappa shape index (κ1) is 14.1. The van der Waals surface area contributed by atoms with Crippen molar-refractivity contribution in [3.8, 4) is 5.75 Å². The van der Waals surface area contributed by atoms with E-state index in [-0.39, 0.29) is 5.91 Å². The van der Waals surface area contributed by atoms with Crippen LogP contribution in [0.2, 0.25) is 0 Å². The lowest BCUT2D eigenvalue weighted by Crippen LogP contribution is -2.20. The Kier molecular flexibility index (Phi) is 4.77. The minimum Gasteiger partial charge on any atom is -0.497 e. The Bertz CT molecular complexity index is 632. The van der Waals surface area contributed by atoms with Crippen LogP contribution in [0.25, 0.3) is 16.8 Å². The number of carbonyl (C=O) groups excluding carboxylic acids is 1. The monoisotopic (exact) mass is 269 g/mol. The van der Waals surface area contributed by atoms with Crippen LogP contribution in [0, 0.1) is 0 Å². The van der Waals surface area contributed by atoms with Gasteiger partial charge in [0.1, 0.15) is 5.75 Å². The van der Waals surface area contributed by atoms with Crippen LogP contribution in [0.1, 0.15) is 18.9 Å². The van der Waals surface area contributed by atoms with Gasteiger partial charge in [-0.25, -0.2) is 0 Å². The van der Waals surface area contributed by atoms with Crippen molar-refractivity contribution in [3.63, 3.8) is 0 Å². The van der Waals surface area contributed by atoms with Crippen molar-refractivity contribution in [3.05, 3.63) is 48.0 Å². The standard InChI is InChI=1S/C17H19NO2/c1-13(19)18-10-4-3-5-14-6-7-16-12-17(20-2)9-8-15(16)11-14/h3,5-9,11-12H,4,10H2,1-2H3,(H,18,19). The van der Waals surface area contributed by atoms with E-state index in [1.165, 1.54) is 17.7 Å². The van der Waals surface area contributed by atoms with Gasteiger partial charge in [0.15, 0.2) is 0 Å². The third-order valence-corrected chi connectivity index (χ3v) is 3.07. The number of hydrogen-bond acceptors (Lipinski definition) is 2. The highest BCUT2D eigenvalue weighted by atomic mass is 16.5. The molecule has 0 aromatic heterocycles. The van der Waals surface area contributed by atoms with Gasteiger partial charge in [-0.2, -0.15) is 0 Å². The van der Waals surface area contributed by atoms with Gasteiger partial charge in [-0.15, -0.1) is 0 Å². The van der Waals surface area contributed by atoms with Crippen LogP contribution in [0.3, 0.4) is 0 Å². The molecule has 0 unspecified atom stereocenters. The van der Waals surface area contributed by atoms with Crippen molar-refractivity contribution in [2.24, 2.45) is 0 Å². The van der Waals surface area contributed by atoms with E-state index in [0.29, 0.717) is 6.54 Å². The summed E-state index contributed by atoms with van der Waals surface area (Å²) < 4.78 is 5.22. The molecule has 0 aliphatic heterocycles. The molecule has 2 aromatic carbocycles. The van der Waals surface area contributed by atoms with Gasteiger partial charge in [-0.3, -0.25) is 4.79 Å². The van der Waals surface area contributed by atoms with Crippen molar-refractivity contribution in [2.45, 2.75) is 13.3 Å². The van der Waals surface area contributed by atoms with Crippen molar-refractivity contribution in [1.82, 2.24) is 5.32 Å². The summed E-state index contributed by atoms with van der Waals surface area (Å²) in [6.07, 6.45) is 4.98. The molecule has 2 aromatic rings. The van der Waals surface area contributed by atoms with Crippen LogP contribution in [0.4, 0.5) is 0 Å². The molecule has 0 aliphatic carbocycles. The highest BCUT2D eigenvalue weighted by Gasteiger charge is 1.97. The van der Waals surface area contributed by atoms with Gasteiger partial charge >= 0.3 is 0 Å². The zero-order valence-electron chi connectivity index (χ0n) is 11.8. The molecule has 0 bridgehead atoms. The summed E-state index contributed by atoms with van der Waals surface area (Å²) in [6, 6.07) is 12.4. The second-order valence-corrected chi connectivity index (χ2v) is 4.65. The SMILES string of the molecule is COc1ccc2cc(C=CCCNC(C)=O)ccc2c1. The molecular weight excluding hydrogens is 250 g/mol. The number of rotatable bonds is 5. The fraction of sp³-hybridized carbons (Fsp3) is 0.235. The summed E-state index contributed by atoms with van der Waals surface area (Å²) in [5.41, 5.74) is 1.16. The summed E-state index contributed by atoms with van der Waals surface area (Å²) in [5.74, 6) is 0.883. The van der Waals surface area contributed by atoms with Crippen LogP contribution in [-0.4, -0.2) is 19.6 Å². The molecule has 1 amide bonds. The van der Waals surface area contributed by atoms with E-state index in [4.69, 9.17) is 4.74 Å². The number of fused-ring (bicyclic) bond motifs is 1. The van der Waals surface area contributed by atoms with Gasteiger partial charge in [0.05, 0.1) is 7.11 Å². The molecule has 0 aliphatic rings.